The maximum Gasteiger partial charge on any atom is 0.00793 e. The summed E-state index contributed by atoms with van der Waals surface area (Å²) in [5.41, 5.74) is 0. The number of hydrogen-bond donors (Lipinski definition) is 4. The van der Waals surface area contributed by atoms with E-state index in [1.807, 2.05) is 0 Å². The van der Waals surface area contributed by atoms with E-state index >= 15 is 0 Å². The van der Waals surface area contributed by atoms with Crippen molar-refractivity contribution in [1.29, 1.82) is 0 Å². The molecular formula is C14H32N4. The molecule has 0 aromatic heterocycles. The van der Waals surface area contributed by atoms with Gasteiger partial charge in [-0.15, -0.1) is 0 Å². The second-order valence-corrected chi connectivity index (χ2v) is 5.89. The fraction of sp³-hybridized carbons (Fsp3) is 1.00. The highest BCUT2D eigenvalue weighted by Crippen LogP contribution is 1.99. The third-order valence-corrected chi connectivity index (χ3v) is 3.64. The molecule has 108 valence electrons. The standard InChI is InChI=1S/C14H32N4/c1-11-9-12(2)16-7-8-18-14(4)10-13(3)17-6-5-15-11/h11-18H,5-10H2,1-4H3/t11-,12?,13?,14-/m1/s1. The summed E-state index contributed by atoms with van der Waals surface area (Å²) in [5.74, 6) is 0. The fourth-order valence-corrected chi connectivity index (χ4v) is 2.67. The lowest BCUT2D eigenvalue weighted by atomic mass is 10.1. The van der Waals surface area contributed by atoms with Crippen molar-refractivity contribution in [3.05, 3.63) is 0 Å². The second-order valence-electron chi connectivity index (χ2n) is 5.89. The van der Waals surface area contributed by atoms with Crippen molar-refractivity contribution in [2.24, 2.45) is 0 Å². The lowest BCUT2D eigenvalue weighted by molar-refractivity contribution is 0.381. The monoisotopic (exact) mass is 256 g/mol. The third-order valence-electron chi connectivity index (χ3n) is 3.64. The third kappa shape index (κ3) is 7.31. The van der Waals surface area contributed by atoms with Gasteiger partial charge in [0.25, 0.3) is 0 Å². The van der Waals surface area contributed by atoms with Crippen LogP contribution in [0.5, 0.6) is 0 Å². The minimum absolute atomic E-state index is 0.583. The Balaban J connectivity index is 2.36. The fourth-order valence-electron chi connectivity index (χ4n) is 2.67. The van der Waals surface area contributed by atoms with Crippen molar-refractivity contribution >= 4 is 0 Å². The van der Waals surface area contributed by atoms with Crippen LogP contribution in [0.3, 0.4) is 0 Å². The van der Waals surface area contributed by atoms with Crippen LogP contribution in [0.1, 0.15) is 40.5 Å². The van der Waals surface area contributed by atoms with Crippen LogP contribution in [0.4, 0.5) is 0 Å². The summed E-state index contributed by atoms with van der Waals surface area (Å²) in [4.78, 5) is 0. The van der Waals surface area contributed by atoms with Crippen molar-refractivity contribution in [1.82, 2.24) is 21.3 Å². The van der Waals surface area contributed by atoms with Crippen LogP contribution in [0.15, 0.2) is 0 Å². The highest BCUT2D eigenvalue weighted by molar-refractivity contribution is 4.74. The van der Waals surface area contributed by atoms with E-state index in [-0.39, 0.29) is 0 Å². The van der Waals surface area contributed by atoms with Crippen molar-refractivity contribution in [3.8, 4) is 0 Å². The summed E-state index contributed by atoms with van der Waals surface area (Å²) in [6.45, 7) is 13.3. The van der Waals surface area contributed by atoms with Gasteiger partial charge < -0.3 is 21.3 Å². The Morgan fingerprint density at radius 2 is 0.722 bits per heavy atom. The van der Waals surface area contributed by atoms with E-state index in [0.29, 0.717) is 24.2 Å². The molecule has 1 saturated heterocycles. The zero-order chi connectivity index (χ0) is 13.4. The SMILES string of the molecule is CC1C[C@@H](C)NCCNC(C)C[C@@H](C)NCCN1. The molecule has 1 rings (SSSR count). The smallest absolute Gasteiger partial charge is 0.00793 e. The lowest BCUT2D eigenvalue weighted by Crippen LogP contribution is -2.44. The molecule has 0 aliphatic carbocycles. The van der Waals surface area contributed by atoms with E-state index in [4.69, 9.17) is 0 Å². The van der Waals surface area contributed by atoms with E-state index in [2.05, 4.69) is 49.0 Å². The Labute approximate surface area is 113 Å². The molecular weight excluding hydrogens is 224 g/mol. The quantitative estimate of drug-likeness (QED) is 0.515. The molecule has 4 nitrogen and oxygen atoms in total. The van der Waals surface area contributed by atoms with Crippen LogP contribution >= 0.6 is 0 Å². The largest absolute Gasteiger partial charge is 0.313 e. The van der Waals surface area contributed by atoms with E-state index < -0.39 is 0 Å². The van der Waals surface area contributed by atoms with Gasteiger partial charge in [-0.25, -0.2) is 0 Å². The molecule has 1 heterocycles. The average molecular weight is 256 g/mol. The van der Waals surface area contributed by atoms with Gasteiger partial charge in [-0.2, -0.15) is 0 Å². The summed E-state index contributed by atoms with van der Waals surface area (Å²) in [5, 5.41) is 14.3. The van der Waals surface area contributed by atoms with E-state index in [1.165, 1.54) is 12.8 Å². The molecule has 0 aromatic carbocycles. The molecule has 1 aliphatic heterocycles. The first kappa shape index (κ1) is 15.9. The van der Waals surface area contributed by atoms with Gasteiger partial charge in [0.1, 0.15) is 0 Å². The van der Waals surface area contributed by atoms with Gasteiger partial charge in [-0.05, 0) is 40.5 Å². The first-order chi connectivity index (χ1) is 8.58. The predicted molar refractivity (Wildman–Crippen MR) is 79.1 cm³/mol. The van der Waals surface area contributed by atoms with Gasteiger partial charge in [0.2, 0.25) is 0 Å². The van der Waals surface area contributed by atoms with Crippen LogP contribution in [0.2, 0.25) is 0 Å². The Morgan fingerprint density at radius 3 is 0.944 bits per heavy atom. The van der Waals surface area contributed by atoms with Crippen LogP contribution in [-0.4, -0.2) is 50.3 Å². The Bertz CT molecular complexity index is 168. The molecule has 0 amide bonds. The van der Waals surface area contributed by atoms with Crippen molar-refractivity contribution < 1.29 is 0 Å². The topological polar surface area (TPSA) is 48.1 Å². The predicted octanol–water partition coefficient (Wildman–Crippen LogP) is 0.693. The van der Waals surface area contributed by atoms with Crippen molar-refractivity contribution in [2.75, 3.05) is 26.2 Å². The number of rotatable bonds is 0. The average Bonchev–Trinajstić information content (AvgIpc) is 2.29. The normalized spacial score (nSPS) is 38.0. The molecule has 18 heavy (non-hydrogen) atoms. The Kier molecular flexibility index (Phi) is 7.82. The molecule has 0 bridgehead atoms. The minimum atomic E-state index is 0.583. The Morgan fingerprint density at radius 1 is 0.500 bits per heavy atom. The summed E-state index contributed by atoms with van der Waals surface area (Å²) >= 11 is 0. The minimum Gasteiger partial charge on any atom is -0.313 e. The second kappa shape index (κ2) is 8.86. The lowest BCUT2D eigenvalue weighted by Gasteiger charge is -2.24. The maximum atomic E-state index is 3.58. The zero-order valence-corrected chi connectivity index (χ0v) is 12.6. The van der Waals surface area contributed by atoms with Gasteiger partial charge in [0, 0.05) is 50.3 Å². The molecule has 0 radical (unpaired) electrons. The van der Waals surface area contributed by atoms with Crippen molar-refractivity contribution in [3.63, 3.8) is 0 Å². The molecule has 0 spiro atoms. The Hall–Kier alpha value is -0.160. The summed E-state index contributed by atoms with van der Waals surface area (Å²) in [6.07, 6.45) is 2.37. The molecule has 1 fully saturated rings. The first-order valence-corrected chi connectivity index (χ1v) is 7.51. The van der Waals surface area contributed by atoms with Gasteiger partial charge in [-0.3, -0.25) is 0 Å². The molecule has 2 unspecified atom stereocenters. The van der Waals surface area contributed by atoms with E-state index in [0.717, 1.165) is 26.2 Å². The number of nitrogens with one attached hydrogen (secondary N) is 4. The van der Waals surface area contributed by atoms with Gasteiger partial charge >= 0.3 is 0 Å². The highest BCUT2D eigenvalue weighted by atomic mass is 15.0. The first-order valence-electron chi connectivity index (χ1n) is 7.51. The molecule has 4 atom stereocenters. The van der Waals surface area contributed by atoms with Gasteiger partial charge in [-0.1, -0.05) is 0 Å². The van der Waals surface area contributed by atoms with Crippen LogP contribution in [0.25, 0.3) is 0 Å². The van der Waals surface area contributed by atoms with Gasteiger partial charge in [0.05, 0.1) is 0 Å². The summed E-state index contributed by atoms with van der Waals surface area (Å²) in [7, 11) is 0. The summed E-state index contributed by atoms with van der Waals surface area (Å²) < 4.78 is 0. The van der Waals surface area contributed by atoms with E-state index in [1.54, 1.807) is 0 Å². The zero-order valence-electron chi connectivity index (χ0n) is 12.6. The molecule has 0 aromatic rings. The molecule has 4 N–H and O–H groups in total. The van der Waals surface area contributed by atoms with Gasteiger partial charge in [0.15, 0.2) is 0 Å². The van der Waals surface area contributed by atoms with E-state index in [9.17, 15) is 0 Å². The number of hydrogen-bond acceptors (Lipinski definition) is 4. The van der Waals surface area contributed by atoms with Crippen LogP contribution in [0, 0.1) is 0 Å². The summed E-state index contributed by atoms with van der Waals surface area (Å²) in [6, 6.07) is 2.33. The maximum absolute atomic E-state index is 3.58. The molecule has 4 heteroatoms. The van der Waals surface area contributed by atoms with Crippen molar-refractivity contribution in [2.45, 2.75) is 64.7 Å². The highest BCUT2D eigenvalue weighted by Gasteiger charge is 2.11. The van der Waals surface area contributed by atoms with Crippen LogP contribution < -0.4 is 21.3 Å². The van der Waals surface area contributed by atoms with Crippen LogP contribution in [-0.2, 0) is 0 Å². The molecule has 1 aliphatic rings. The molecule has 0 saturated carbocycles.